The molecule has 0 heterocycles. The topological polar surface area (TPSA) is 18.5 Å². The Morgan fingerprint density at radius 2 is 2.00 bits per heavy atom. The van der Waals surface area contributed by atoms with Crippen molar-refractivity contribution in [3.63, 3.8) is 0 Å². The van der Waals surface area contributed by atoms with E-state index < -0.39 is 18.9 Å². The second-order valence-electron chi connectivity index (χ2n) is 3.55. The molecule has 0 aromatic rings. The lowest BCUT2D eigenvalue weighted by molar-refractivity contribution is -0.212. The van der Waals surface area contributed by atoms with Crippen LogP contribution in [0.15, 0.2) is 0 Å². The van der Waals surface area contributed by atoms with Gasteiger partial charge in [-0.05, 0) is 12.8 Å². The Hall–Kier alpha value is 0.190. The summed E-state index contributed by atoms with van der Waals surface area (Å²) < 4.78 is 45.7. The van der Waals surface area contributed by atoms with Crippen LogP contribution in [0.4, 0.5) is 13.2 Å². The molecule has 1 saturated carbocycles. The molecule has 1 rings (SSSR count). The average molecular weight is 291 g/mol. The summed E-state index contributed by atoms with van der Waals surface area (Å²) in [6.45, 7) is 1.31. The van der Waals surface area contributed by atoms with E-state index in [9.17, 15) is 13.2 Å². The summed E-state index contributed by atoms with van der Waals surface area (Å²) in [6, 6.07) is 0. The van der Waals surface area contributed by atoms with Gasteiger partial charge in [-0.1, -0.05) is 22.9 Å². The Kier molecular flexibility index (Phi) is 4.86. The molecule has 0 N–H and O–H groups in total. The van der Waals surface area contributed by atoms with E-state index in [1.54, 1.807) is 0 Å². The Labute approximate surface area is 95.2 Å². The molecule has 0 radical (unpaired) electrons. The highest BCUT2D eigenvalue weighted by atomic mass is 79.9. The first kappa shape index (κ1) is 13.3. The molecule has 1 aliphatic rings. The summed E-state index contributed by atoms with van der Waals surface area (Å²) in [4.78, 5) is 0.113. The fourth-order valence-electron chi connectivity index (χ4n) is 1.36. The average Bonchev–Trinajstić information content (AvgIpc) is 2.11. The summed E-state index contributed by atoms with van der Waals surface area (Å²) in [5, 5.41) is 0. The first-order valence-corrected chi connectivity index (χ1v) is 5.79. The third-order valence-corrected chi connectivity index (χ3v) is 3.05. The lowest BCUT2D eigenvalue weighted by Gasteiger charge is -2.40. The third kappa shape index (κ3) is 4.28. The Balaban J connectivity index is 2.24. The minimum absolute atomic E-state index is 0.113. The van der Waals surface area contributed by atoms with E-state index in [-0.39, 0.29) is 10.9 Å². The fourth-order valence-corrected chi connectivity index (χ4v) is 2.22. The van der Waals surface area contributed by atoms with Gasteiger partial charge in [0.15, 0.2) is 0 Å². The molecule has 0 aromatic carbocycles. The maximum Gasteiger partial charge on any atom is 0.411 e. The lowest BCUT2D eigenvalue weighted by Crippen LogP contribution is -2.51. The minimum atomic E-state index is -4.26. The largest absolute Gasteiger partial charge is 0.411 e. The van der Waals surface area contributed by atoms with Gasteiger partial charge in [0, 0.05) is 11.4 Å². The molecule has 15 heavy (non-hydrogen) atoms. The van der Waals surface area contributed by atoms with E-state index in [0.717, 1.165) is 6.42 Å². The molecule has 90 valence electrons. The van der Waals surface area contributed by atoms with Crippen molar-refractivity contribution in [1.29, 1.82) is 0 Å². The van der Waals surface area contributed by atoms with E-state index in [1.165, 1.54) is 0 Å². The maximum absolute atomic E-state index is 11.9. The van der Waals surface area contributed by atoms with Gasteiger partial charge in [0.1, 0.15) is 6.61 Å². The Bertz CT molecular complexity index is 198. The number of halogens is 4. The normalized spacial score (nSPS) is 31.4. The zero-order chi connectivity index (χ0) is 11.5. The second-order valence-corrected chi connectivity index (χ2v) is 4.73. The Morgan fingerprint density at radius 1 is 1.33 bits per heavy atom. The van der Waals surface area contributed by atoms with Crippen LogP contribution < -0.4 is 0 Å². The van der Waals surface area contributed by atoms with Crippen LogP contribution in [0, 0.1) is 0 Å². The van der Waals surface area contributed by atoms with Crippen molar-refractivity contribution in [2.24, 2.45) is 0 Å². The van der Waals surface area contributed by atoms with Crippen LogP contribution in [0.2, 0.25) is 0 Å². The molecule has 1 fully saturated rings. The molecule has 0 amide bonds. The first-order chi connectivity index (χ1) is 6.94. The van der Waals surface area contributed by atoms with Gasteiger partial charge < -0.3 is 9.47 Å². The molecule has 0 saturated heterocycles. The van der Waals surface area contributed by atoms with Gasteiger partial charge >= 0.3 is 6.18 Å². The van der Waals surface area contributed by atoms with Crippen LogP contribution in [0.3, 0.4) is 0 Å². The first-order valence-electron chi connectivity index (χ1n) is 4.88. The van der Waals surface area contributed by atoms with Crippen LogP contribution in [-0.2, 0) is 9.47 Å². The van der Waals surface area contributed by atoms with Gasteiger partial charge in [0.05, 0.1) is 12.2 Å². The molecule has 0 aromatic heterocycles. The number of alkyl halides is 4. The Morgan fingerprint density at radius 3 is 2.47 bits per heavy atom. The van der Waals surface area contributed by atoms with Crippen LogP contribution >= 0.6 is 15.9 Å². The summed E-state index contributed by atoms with van der Waals surface area (Å²) in [5.41, 5.74) is 0. The maximum atomic E-state index is 11.9. The molecule has 3 unspecified atom stereocenters. The number of ether oxygens (including phenoxy) is 2. The van der Waals surface area contributed by atoms with Crippen molar-refractivity contribution in [3.8, 4) is 0 Å². The standard InChI is InChI=1S/C9H14BrF3O2/c1-2-3-14-8-6(10)4-7(8)15-5-9(11,12)13/h6-8H,2-5H2,1H3. The second kappa shape index (κ2) is 5.50. The van der Waals surface area contributed by atoms with Gasteiger partial charge in [-0.2, -0.15) is 13.2 Å². The van der Waals surface area contributed by atoms with Crippen molar-refractivity contribution in [2.45, 2.75) is 43.0 Å². The van der Waals surface area contributed by atoms with Crippen molar-refractivity contribution in [2.75, 3.05) is 13.2 Å². The summed E-state index contributed by atoms with van der Waals surface area (Å²) in [7, 11) is 0. The predicted octanol–water partition coefficient (Wildman–Crippen LogP) is 2.90. The molecular formula is C9H14BrF3O2. The molecular weight excluding hydrogens is 277 g/mol. The van der Waals surface area contributed by atoms with Gasteiger partial charge in [0.25, 0.3) is 0 Å². The monoisotopic (exact) mass is 290 g/mol. The van der Waals surface area contributed by atoms with Crippen LogP contribution in [0.1, 0.15) is 19.8 Å². The quantitative estimate of drug-likeness (QED) is 0.725. The molecule has 6 heteroatoms. The zero-order valence-corrected chi connectivity index (χ0v) is 9.97. The predicted molar refractivity (Wildman–Crippen MR) is 53.2 cm³/mol. The van der Waals surface area contributed by atoms with E-state index in [4.69, 9.17) is 9.47 Å². The van der Waals surface area contributed by atoms with Gasteiger partial charge in [-0.15, -0.1) is 0 Å². The molecule has 2 nitrogen and oxygen atoms in total. The molecule has 0 bridgehead atoms. The summed E-state index contributed by atoms with van der Waals surface area (Å²) in [5.74, 6) is 0. The van der Waals surface area contributed by atoms with E-state index in [0.29, 0.717) is 13.0 Å². The highest BCUT2D eigenvalue weighted by Crippen LogP contribution is 2.34. The van der Waals surface area contributed by atoms with E-state index in [2.05, 4.69) is 15.9 Å². The van der Waals surface area contributed by atoms with Crippen molar-refractivity contribution in [1.82, 2.24) is 0 Å². The van der Waals surface area contributed by atoms with Crippen LogP contribution in [0.5, 0.6) is 0 Å². The molecule has 0 spiro atoms. The van der Waals surface area contributed by atoms with Crippen molar-refractivity contribution < 1.29 is 22.6 Å². The summed E-state index contributed by atoms with van der Waals surface area (Å²) >= 11 is 3.33. The molecule has 0 aliphatic heterocycles. The van der Waals surface area contributed by atoms with Crippen LogP contribution in [0.25, 0.3) is 0 Å². The smallest absolute Gasteiger partial charge is 0.374 e. The van der Waals surface area contributed by atoms with Crippen molar-refractivity contribution >= 4 is 15.9 Å². The van der Waals surface area contributed by atoms with Gasteiger partial charge in [0.2, 0.25) is 0 Å². The zero-order valence-electron chi connectivity index (χ0n) is 8.39. The molecule has 1 aliphatic carbocycles. The molecule has 3 atom stereocenters. The van der Waals surface area contributed by atoms with Gasteiger partial charge in [-0.25, -0.2) is 0 Å². The highest BCUT2D eigenvalue weighted by Gasteiger charge is 2.43. The summed E-state index contributed by atoms with van der Waals surface area (Å²) in [6.07, 6.45) is -3.51. The number of hydrogen-bond donors (Lipinski definition) is 0. The third-order valence-electron chi connectivity index (χ3n) is 2.16. The SMILES string of the molecule is CCCOC1C(Br)CC1OCC(F)(F)F. The van der Waals surface area contributed by atoms with Crippen molar-refractivity contribution in [3.05, 3.63) is 0 Å². The lowest BCUT2D eigenvalue weighted by atomic mass is 9.91. The number of rotatable bonds is 5. The van der Waals surface area contributed by atoms with Gasteiger partial charge in [-0.3, -0.25) is 0 Å². The highest BCUT2D eigenvalue weighted by molar-refractivity contribution is 9.09. The van der Waals surface area contributed by atoms with Crippen LogP contribution in [-0.4, -0.2) is 36.4 Å². The van der Waals surface area contributed by atoms with E-state index in [1.807, 2.05) is 6.92 Å². The fraction of sp³-hybridized carbons (Fsp3) is 1.00. The number of hydrogen-bond acceptors (Lipinski definition) is 2. The van der Waals surface area contributed by atoms with E-state index >= 15 is 0 Å². The minimum Gasteiger partial charge on any atom is -0.374 e.